The fourth-order valence-electron chi connectivity index (χ4n) is 2.05. The van der Waals surface area contributed by atoms with Crippen LogP contribution < -0.4 is 0 Å². The van der Waals surface area contributed by atoms with E-state index in [2.05, 4.69) is 0 Å². The molecular formula is C16H14Cl4O2S. The summed E-state index contributed by atoms with van der Waals surface area (Å²) in [6.45, 7) is 0. The molecule has 0 saturated carbocycles. The lowest BCUT2D eigenvalue weighted by molar-refractivity contribution is 0.593. The Morgan fingerprint density at radius 1 is 0.696 bits per heavy atom. The molecule has 0 aliphatic heterocycles. The Hall–Kier alpha value is -0.450. The van der Waals surface area contributed by atoms with Gasteiger partial charge in [-0.1, -0.05) is 47.5 Å². The first kappa shape index (κ1) is 18.9. The fourth-order valence-corrected chi connectivity index (χ4v) is 5.16. The molecule has 0 bridgehead atoms. The van der Waals surface area contributed by atoms with Crippen LogP contribution in [0.3, 0.4) is 0 Å². The molecule has 0 aliphatic rings. The zero-order chi connectivity index (χ0) is 17.0. The molecule has 2 unspecified atom stereocenters. The van der Waals surface area contributed by atoms with E-state index < -0.39 is 20.6 Å². The maximum atomic E-state index is 12.3. The van der Waals surface area contributed by atoms with Crippen molar-refractivity contribution in [2.24, 2.45) is 0 Å². The molecule has 0 N–H and O–H groups in total. The normalized spacial score (nSPS) is 14.4. The second-order valence-electron chi connectivity index (χ2n) is 5.12. The highest BCUT2D eigenvalue weighted by atomic mass is 35.5. The van der Waals surface area contributed by atoms with Crippen molar-refractivity contribution in [3.8, 4) is 0 Å². The van der Waals surface area contributed by atoms with Crippen molar-refractivity contribution >= 4 is 56.2 Å². The summed E-state index contributed by atoms with van der Waals surface area (Å²) in [6.07, 6.45) is 0. The van der Waals surface area contributed by atoms with Gasteiger partial charge in [0.05, 0.1) is 22.3 Å². The molecule has 0 heterocycles. The van der Waals surface area contributed by atoms with Crippen LogP contribution in [0.1, 0.15) is 21.9 Å². The second kappa shape index (κ2) is 8.09. The molecule has 0 spiro atoms. The summed E-state index contributed by atoms with van der Waals surface area (Å²) in [6, 6.07) is 13.6. The minimum absolute atomic E-state index is 0.188. The van der Waals surface area contributed by atoms with Crippen LogP contribution in [0.15, 0.2) is 48.5 Å². The van der Waals surface area contributed by atoms with Gasteiger partial charge in [-0.3, -0.25) is 0 Å². The van der Waals surface area contributed by atoms with Crippen molar-refractivity contribution in [3.63, 3.8) is 0 Å². The van der Waals surface area contributed by atoms with E-state index in [1.165, 1.54) is 0 Å². The molecular weight excluding hydrogens is 398 g/mol. The first-order valence-electron chi connectivity index (χ1n) is 6.76. The van der Waals surface area contributed by atoms with Crippen LogP contribution in [-0.2, 0) is 9.84 Å². The van der Waals surface area contributed by atoms with Crippen LogP contribution in [0.5, 0.6) is 0 Å². The van der Waals surface area contributed by atoms with E-state index in [9.17, 15) is 8.42 Å². The predicted octanol–water partition coefficient (Wildman–Crippen LogP) is 5.67. The molecule has 0 radical (unpaired) electrons. The van der Waals surface area contributed by atoms with Gasteiger partial charge in [-0.15, -0.1) is 23.2 Å². The number of benzene rings is 2. The van der Waals surface area contributed by atoms with Crippen molar-refractivity contribution in [1.29, 1.82) is 0 Å². The maximum absolute atomic E-state index is 12.3. The highest BCUT2D eigenvalue weighted by Crippen LogP contribution is 2.28. The summed E-state index contributed by atoms with van der Waals surface area (Å²) in [4.78, 5) is 0. The number of alkyl halides is 2. The molecule has 2 aromatic rings. The van der Waals surface area contributed by atoms with Crippen LogP contribution in [-0.4, -0.2) is 19.9 Å². The largest absolute Gasteiger partial charge is 0.229 e. The minimum atomic E-state index is -3.43. The summed E-state index contributed by atoms with van der Waals surface area (Å²) < 4.78 is 24.6. The summed E-state index contributed by atoms with van der Waals surface area (Å²) in [5.41, 5.74) is 1.41. The Morgan fingerprint density at radius 3 is 1.30 bits per heavy atom. The SMILES string of the molecule is O=S(=O)(CC(Cl)c1ccc(Cl)cc1)CC(Cl)c1ccc(Cl)cc1. The van der Waals surface area contributed by atoms with Crippen LogP contribution in [0.4, 0.5) is 0 Å². The van der Waals surface area contributed by atoms with Gasteiger partial charge in [0, 0.05) is 10.0 Å². The Labute approximate surface area is 156 Å². The van der Waals surface area contributed by atoms with E-state index >= 15 is 0 Å². The van der Waals surface area contributed by atoms with Crippen molar-refractivity contribution in [2.75, 3.05) is 11.5 Å². The van der Waals surface area contributed by atoms with Crippen molar-refractivity contribution in [3.05, 3.63) is 69.7 Å². The van der Waals surface area contributed by atoms with Crippen LogP contribution >= 0.6 is 46.4 Å². The highest BCUT2D eigenvalue weighted by Gasteiger charge is 2.23. The quantitative estimate of drug-likeness (QED) is 0.574. The lowest BCUT2D eigenvalue weighted by atomic mass is 10.2. The summed E-state index contributed by atoms with van der Waals surface area (Å²) in [5.74, 6) is -0.375. The van der Waals surface area contributed by atoms with Crippen molar-refractivity contribution in [1.82, 2.24) is 0 Å². The molecule has 0 amide bonds. The van der Waals surface area contributed by atoms with E-state index in [-0.39, 0.29) is 11.5 Å². The monoisotopic (exact) mass is 410 g/mol. The van der Waals surface area contributed by atoms with E-state index in [0.717, 1.165) is 0 Å². The Bertz CT molecular complexity index is 683. The second-order valence-corrected chi connectivity index (χ2v) is 9.20. The van der Waals surface area contributed by atoms with E-state index in [1.807, 2.05) is 0 Å². The number of hydrogen-bond acceptors (Lipinski definition) is 2. The summed E-state index contributed by atoms with van der Waals surface area (Å²) in [5, 5.41) is -0.147. The van der Waals surface area contributed by atoms with E-state index in [4.69, 9.17) is 46.4 Å². The Balaban J connectivity index is 2.03. The van der Waals surface area contributed by atoms with Gasteiger partial charge in [0.2, 0.25) is 0 Å². The molecule has 23 heavy (non-hydrogen) atoms. The third-order valence-electron chi connectivity index (χ3n) is 3.26. The third kappa shape index (κ3) is 5.84. The number of rotatable bonds is 6. The smallest absolute Gasteiger partial charge is 0.153 e. The van der Waals surface area contributed by atoms with Crippen molar-refractivity contribution < 1.29 is 8.42 Å². The average molecular weight is 412 g/mol. The molecule has 2 nitrogen and oxygen atoms in total. The lowest BCUT2D eigenvalue weighted by Gasteiger charge is -2.14. The van der Waals surface area contributed by atoms with Crippen LogP contribution in [0.2, 0.25) is 10.0 Å². The Kier molecular flexibility index (Phi) is 6.64. The molecule has 124 valence electrons. The first-order chi connectivity index (χ1) is 10.8. The molecule has 2 rings (SSSR count). The summed E-state index contributed by atoms with van der Waals surface area (Å²) in [7, 11) is -3.43. The zero-order valence-corrected chi connectivity index (χ0v) is 15.8. The van der Waals surface area contributed by atoms with Crippen LogP contribution in [0.25, 0.3) is 0 Å². The van der Waals surface area contributed by atoms with Gasteiger partial charge in [0.15, 0.2) is 9.84 Å². The standard InChI is InChI=1S/C16H14Cl4O2S/c17-13-5-1-11(2-6-13)15(19)9-23(21,22)10-16(20)12-3-7-14(18)8-4-12/h1-8,15-16H,9-10H2. The van der Waals surface area contributed by atoms with Gasteiger partial charge >= 0.3 is 0 Å². The molecule has 7 heteroatoms. The topological polar surface area (TPSA) is 34.1 Å². The maximum Gasteiger partial charge on any atom is 0.153 e. The minimum Gasteiger partial charge on any atom is -0.229 e. The van der Waals surface area contributed by atoms with Gasteiger partial charge in [0.25, 0.3) is 0 Å². The van der Waals surface area contributed by atoms with E-state index in [0.29, 0.717) is 21.2 Å². The predicted molar refractivity (Wildman–Crippen MR) is 98.7 cm³/mol. The number of hydrogen-bond donors (Lipinski definition) is 0. The molecule has 0 aromatic heterocycles. The van der Waals surface area contributed by atoms with Gasteiger partial charge in [-0.2, -0.15) is 0 Å². The number of halogens is 4. The van der Waals surface area contributed by atoms with E-state index in [1.54, 1.807) is 48.5 Å². The lowest BCUT2D eigenvalue weighted by Crippen LogP contribution is -2.18. The Morgan fingerprint density at radius 2 is 1.00 bits per heavy atom. The molecule has 2 atom stereocenters. The zero-order valence-electron chi connectivity index (χ0n) is 11.9. The van der Waals surface area contributed by atoms with Crippen molar-refractivity contribution in [2.45, 2.75) is 10.8 Å². The number of sulfone groups is 1. The van der Waals surface area contributed by atoms with Gasteiger partial charge in [-0.25, -0.2) is 8.42 Å². The van der Waals surface area contributed by atoms with Gasteiger partial charge in [0.1, 0.15) is 0 Å². The third-order valence-corrected chi connectivity index (χ3v) is 6.63. The first-order valence-corrected chi connectivity index (χ1v) is 10.2. The molecule has 0 aliphatic carbocycles. The summed E-state index contributed by atoms with van der Waals surface area (Å²) >= 11 is 24.0. The highest BCUT2D eigenvalue weighted by molar-refractivity contribution is 7.91. The fraction of sp³-hybridized carbons (Fsp3) is 0.250. The van der Waals surface area contributed by atoms with Gasteiger partial charge in [-0.05, 0) is 35.4 Å². The molecule has 2 aromatic carbocycles. The molecule has 0 fully saturated rings. The van der Waals surface area contributed by atoms with Gasteiger partial charge < -0.3 is 0 Å². The molecule has 0 saturated heterocycles. The average Bonchev–Trinajstić information content (AvgIpc) is 2.47. The van der Waals surface area contributed by atoms with Crippen LogP contribution in [0, 0.1) is 0 Å².